The van der Waals surface area contributed by atoms with E-state index >= 15 is 0 Å². The fourth-order valence-corrected chi connectivity index (χ4v) is 9.55. The lowest BCUT2D eigenvalue weighted by Gasteiger charge is -2.24. The molecule has 6 heteroatoms. The summed E-state index contributed by atoms with van der Waals surface area (Å²) in [5.41, 5.74) is 0. The van der Waals surface area contributed by atoms with Crippen molar-refractivity contribution in [1.29, 1.82) is 0 Å². The van der Waals surface area contributed by atoms with Crippen LogP contribution in [0.25, 0.3) is 0 Å². The summed E-state index contributed by atoms with van der Waals surface area (Å²) in [6, 6.07) is -0.697. The molecule has 0 saturated heterocycles. The van der Waals surface area contributed by atoms with Gasteiger partial charge in [0.15, 0.2) is 0 Å². The van der Waals surface area contributed by atoms with Crippen LogP contribution in [-0.4, -0.2) is 46.9 Å². The molecule has 0 radical (unpaired) electrons. The quantitative estimate of drug-likeness (QED) is 0.0321. The molecular formula is C60H117NO5. The predicted molar refractivity (Wildman–Crippen MR) is 287 cm³/mol. The molecule has 0 heterocycles. The van der Waals surface area contributed by atoms with Crippen molar-refractivity contribution in [2.45, 2.75) is 354 Å². The fraction of sp³-hybridized carbons (Fsp3) is 0.933. The highest BCUT2D eigenvalue weighted by Gasteiger charge is 2.24. The average molecular weight is 933 g/mol. The molecule has 1 amide bonds. The number of carbonyl (C=O) groups is 2. The molecule has 0 fully saturated rings. The van der Waals surface area contributed by atoms with Gasteiger partial charge in [-0.15, -0.1) is 0 Å². The molecule has 6 nitrogen and oxygen atoms in total. The van der Waals surface area contributed by atoms with E-state index < -0.39 is 18.2 Å². The van der Waals surface area contributed by atoms with E-state index in [1.165, 1.54) is 238 Å². The molecule has 66 heavy (non-hydrogen) atoms. The van der Waals surface area contributed by atoms with E-state index in [1.807, 2.05) is 0 Å². The van der Waals surface area contributed by atoms with E-state index in [2.05, 4.69) is 38.2 Å². The Balaban J connectivity index is 4.50. The van der Waals surface area contributed by atoms with Crippen LogP contribution in [0.5, 0.6) is 0 Å². The van der Waals surface area contributed by atoms with Gasteiger partial charge in [0.1, 0.15) is 6.10 Å². The van der Waals surface area contributed by atoms with Crippen molar-refractivity contribution in [1.82, 2.24) is 5.32 Å². The highest BCUT2D eigenvalue weighted by Crippen LogP contribution is 2.19. The molecule has 0 aromatic carbocycles. The lowest BCUT2D eigenvalue weighted by Crippen LogP contribution is -2.46. The van der Waals surface area contributed by atoms with Crippen molar-refractivity contribution >= 4 is 11.9 Å². The molecule has 0 rings (SSSR count). The average Bonchev–Trinajstić information content (AvgIpc) is 3.31. The SMILES string of the molecule is CCCCCCCC/C=C/CCCCCCCCCC(CC(=O)NC(CO)C(O)CCCCCCCCCCCCCC)OC(=O)CCCCCCCCCCCCCCCCCCCC. The largest absolute Gasteiger partial charge is 0.462 e. The van der Waals surface area contributed by atoms with E-state index in [0.29, 0.717) is 19.3 Å². The third kappa shape index (κ3) is 49.0. The van der Waals surface area contributed by atoms with Gasteiger partial charge >= 0.3 is 5.97 Å². The van der Waals surface area contributed by atoms with E-state index in [-0.39, 0.29) is 24.9 Å². The lowest BCUT2D eigenvalue weighted by molar-refractivity contribution is -0.151. The second-order valence-corrected chi connectivity index (χ2v) is 20.8. The van der Waals surface area contributed by atoms with E-state index in [9.17, 15) is 19.8 Å². The summed E-state index contributed by atoms with van der Waals surface area (Å²) < 4.78 is 5.98. The fourth-order valence-electron chi connectivity index (χ4n) is 9.55. The third-order valence-corrected chi connectivity index (χ3v) is 14.1. The molecule has 0 aliphatic carbocycles. The minimum atomic E-state index is -0.784. The van der Waals surface area contributed by atoms with Crippen LogP contribution < -0.4 is 5.32 Å². The van der Waals surface area contributed by atoms with Crippen LogP contribution in [0.15, 0.2) is 12.2 Å². The number of aliphatic hydroxyl groups is 2. The summed E-state index contributed by atoms with van der Waals surface area (Å²) in [6.45, 7) is 6.52. The first-order chi connectivity index (χ1) is 32.5. The number of esters is 1. The number of unbranched alkanes of at least 4 members (excludes halogenated alkanes) is 41. The molecule has 0 aliphatic rings. The molecule has 3 N–H and O–H groups in total. The Bertz CT molecular complexity index is 1000. The number of aliphatic hydroxyl groups excluding tert-OH is 2. The Labute approximate surface area is 412 Å². The second kappa shape index (κ2) is 54.5. The summed E-state index contributed by atoms with van der Waals surface area (Å²) in [4.78, 5) is 26.3. The zero-order chi connectivity index (χ0) is 48.1. The van der Waals surface area contributed by atoms with Crippen LogP contribution in [-0.2, 0) is 14.3 Å². The minimum absolute atomic E-state index is 0.0824. The third-order valence-electron chi connectivity index (χ3n) is 14.1. The maximum absolute atomic E-state index is 13.3. The Morgan fingerprint density at radius 3 is 1.08 bits per heavy atom. The Kier molecular flexibility index (Phi) is 53.4. The maximum atomic E-state index is 13.3. The van der Waals surface area contributed by atoms with E-state index in [1.54, 1.807) is 0 Å². The highest BCUT2D eigenvalue weighted by molar-refractivity contribution is 5.77. The van der Waals surface area contributed by atoms with Gasteiger partial charge in [-0.2, -0.15) is 0 Å². The maximum Gasteiger partial charge on any atom is 0.306 e. The smallest absolute Gasteiger partial charge is 0.306 e. The van der Waals surface area contributed by atoms with Gasteiger partial charge in [-0.05, 0) is 51.4 Å². The molecule has 3 unspecified atom stereocenters. The minimum Gasteiger partial charge on any atom is -0.462 e. The zero-order valence-corrected chi connectivity index (χ0v) is 44.9. The van der Waals surface area contributed by atoms with Crippen molar-refractivity contribution in [3.05, 3.63) is 12.2 Å². The summed E-state index contributed by atoms with van der Waals surface area (Å²) >= 11 is 0. The summed E-state index contributed by atoms with van der Waals surface area (Å²) in [5.74, 6) is -0.453. The van der Waals surface area contributed by atoms with Crippen LogP contribution in [0.4, 0.5) is 0 Å². The molecule has 0 saturated carbocycles. The van der Waals surface area contributed by atoms with Gasteiger partial charge in [0.2, 0.25) is 5.91 Å². The van der Waals surface area contributed by atoms with Gasteiger partial charge in [0.25, 0.3) is 0 Å². The molecule has 0 aromatic rings. The van der Waals surface area contributed by atoms with Crippen molar-refractivity contribution in [3.63, 3.8) is 0 Å². The number of carbonyl (C=O) groups excluding carboxylic acids is 2. The van der Waals surface area contributed by atoms with E-state index in [0.717, 1.165) is 51.4 Å². The summed E-state index contributed by atoms with van der Waals surface area (Å²) in [5, 5.41) is 23.9. The standard InChI is InChI=1S/C60H117NO5/c1-4-7-10-13-16-19-22-25-27-29-31-33-35-38-41-44-47-50-53-60(65)66-56(51-48-45-42-39-36-34-32-30-28-26-23-20-17-14-11-8-5-2)54-59(64)61-57(55-62)58(63)52-49-46-43-40-37-24-21-18-15-12-9-6-3/h26,28,56-58,62-63H,4-25,27,29-55H2,1-3H3,(H,61,64)/b28-26+. The molecule has 0 spiro atoms. The van der Waals surface area contributed by atoms with Gasteiger partial charge in [-0.1, -0.05) is 283 Å². The van der Waals surface area contributed by atoms with E-state index in [4.69, 9.17) is 4.74 Å². The molecule has 0 aliphatic heterocycles. The Morgan fingerprint density at radius 2 is 0.727 bits per heavy atom. The predicted octanol–water partition coefficient (Wildman–Crippen LogP) is 18.5. The van der Waals surface area contributed by atoms with Crippen LogP contribution in [0.2, 0.25) is 0 Å². The second-order valence-electron chi connectivity index (χ2n) is 20.8. The first kappa shape index (κ1) is 64.6. The molecular weight excluding hydrogens is 815 g/mol. The lowest BCUT2D eigenvalue weighted by atomic mass is 10.0. The first-order valence-corrected chi connectivity index (χ1v) is 29.9. The number of amides is 1. The van der Waals surface area contributed by atoms with Crippen molar-refractivity contribution in [2.75, 3.05) is 6.61 Å². The normalized spacial score (nSPS) is 13.1. The number of nitrogens with one attached hydrogen (secondary N) is 1. The number of hydrogen-bond acceptors (Lipinski definition) is 5. The zero-order valence-electron chi connectivity index (χ0n) is 44.9. The van der Waals surface area contributed by atoms with Gasteiger partial charge in [-0.25, -0.2) is 0 Å². The number of ether oxygens (including phenoxy) is 1. The van der Waals surface area contributed by atoms with Gasteiger partial charge in [-0.3, -0.25) is 9.59 Å². The van der Waals surface area contributed by atoms with Crippen molar-refractivity contribution in [2.24, 2.45) is 0 Å². The Hall–Kier alpha value is -1.40. The van der Waals surface area contributed by atoms with Gasteiger partial charge < -0.3 is 20.3 Å². The monoisotopic (exact) mass is 932 g/mol. The highest BCUT2D eigenvalue weighted by atomic mass is 16.5. The topological polar surface area (TPSA) is 95.9 Å². The van der Waals surface area contributed by atoms with Gasteiger partial charge in [0.05, 0.1) is 25.2 Å². The molecule has 392 valence electrons. The van der Waals surface area contributed by atoms with Crippen LogP contribution >= 0.6 is 0 Å². The van der Waals surface area contributed by atoms with Gasteiger partial charge in [0, 0.05) is 6.42 Å². The summed E-state index contributed by atoms with van der Waals surface area (Å²) in [7, 11) is 0. The summed E-state index contributed by atoms with van der Waals surface area (Å²) in [6.07, 6.45) is 62.8. The number of hydrogen-bond donors (Lipinski definition) is 3. The van der Waals surface area contributed by atoms with Crippen molar-refractivity contribution in [3.8, 4) is 0 Å². The molecule has 0 bridgehead atoms. The van der Waals surface area contributed by atoms with Crippen LogP contribution in [0, 0.1) is 0 Å². The van der Waals surface area contributed by atoms with Crippen LogP contribution in [0.3, 0.4) is 0 Å². The molecule has 0 aromatic heterocycles. The first-order valence-electron chi connectivity index (χ1n) is 29.9. The Morgan fingerprint density at radius 1 is 0.424 bits per heavy atom. The van der Waals surface area contributed by atoms with Crippen LogP contribution in [0.1, 0.15) is 335 Å². The van der Waals surface area contributed by atoms with Crippen molar-refractivity contribution < 1.29 is 24.5 Å². The number of rotatable bonds is 55. The number of allylic oxidation sites excluding steroid dienone is 2. The molecule has 3 atom stereocenters.